The van der Waals surface area contributed by atoms with Gasteiger partial charge in [0.15, 0.2) is 11.6 Å². The van der Waals surface area contributed by atoms with Crippen molar-refractivity contribution < 1.29 is 22.0 Å². The van der Waals surface area contributed by atoms with E-state index in [0.29, 0.717) is 6.07 Å². The molecule has 1 saturated heterocycles. The molecule has 1 fully saturated rings. The van der Waals surface area contributed by atoms with Gasteiger partial charge in [0, 0.05) is 31.7 Å². The average molecular weight is 305 g/mol. The number of nitrogens with zero attached hydrogens (tertiary/aromatic N) is 1. The molecule has 2 rings (SSSR count). The van der Waals surface area contributed by atoms with Gasteiger partial charge in [0.25, 0.3) is 0 Å². The van der Waals surface area contributed by atoms with Crippen molar-refractivity contribution in [3.8, 4) is 0 Å². The molecule has 3 N–H and O–H groups in total. The zero-order valence-corrected chi connectivity index (χ0v) is 11.2. The molecule has 0 aromatic heterocycles. The minimum atomic E-state index is -4.24. The van der Waals surface area contributed by atoms with Gasteiger partial charge in [0.05, 0.1) is 0 Å². The Kier molecular flexibility index (Phi) is 3.91. The van der Waals surface area contributed by atoms with E-state index in [2.05, 4.69) is 5.32 Å². The third-order valence-electron chi connectivity index (χ3n) is 2.91. The van der Waals surface area contributed by atoms with Crippen LogP contribution >= 0.6 is 0 Å². The number of amides is 1. The second kappa shape index (κ2) is 5.33. The van der Waals surface area contributed by atoms with Gasteiger partial charge in [-0.2, -0.15) is 4.31 Å². The summed E-state index contributed by atoms with van der Waals surface area (Å²) in [5, 5.41) is 2.50. The van der Waals surface area contributed by atoms with Crippen molar-refractivity contribution in [1.82, 2.24) is 9.62 Å². The Morgan fingerprint density at radius 2 is 1.95 bits per heavy atom. The smallest absolute Gasteiger partial charge is 0.246 e. The molecule has 0 spiro atoms. The van der Waals surface area contributed by atoms with E-state index < -0.39 is 26.6 Å². The molecule has 1 aromatic carbocycles. The highest BCUT2D eigenvalue weighted by Gasteiger charge is 2.30. The van der Waals surface area contributed by atoms with Gasteiger partial charge in [0.2, 0.25) is 15.9 Å². The van der Waals surface area contributed by atoms with Crippen molar-refractivity contribution in [3.05, 3.63) is 23.8 Å². The molecule has 1 aromatic rings. The summed E-state index contributed by atoms with van der Waals surface area (Å²) >= 11 is 0. The largest absolute Gasteiger partial charge is 0.399 e. The zero-order chi connectivity index (χ0) is 14.9. The fourth-order valence-electron chi connectivity index (χ4n) is 1.90. The first-order chi connectivity index (χ1) is 9.32. The quantitative estimate of drug-likeness (QED) is 0.756. The molecule has 110 valence electrons. The fourth-order valence-corrected chi connectivity index (χ4v) is 3.45. The summed E-state index contributed by atoms with van der Waals surface area (Å²) in [4.78, 5) is 10.4. The van der Waals surface area contributed by atoms with Gasteiger partial charge in [0.1, 0.15) is 4.90 Å². The van der Waals surface area contributed by atoms with Gasteiger partial charge in [-0.1, -0.05) is 0 Å². The van der Waals surface area contributed by atoms with Gasteiger partial charge in [-0.15, -0.1) is 0 Å². The Labute approximate surface area is 114 Å². The molecule has 0 bridgehead atoms. The number of sulfonamides is 1. The molecule has 0 saturated carbocycles. The Bertz CT molecular complexity index is 649. The van der Waals surface area contributed by atoms with Crippen LogP contribution in [0, 0.1) is 11.6 Å². The number of hydrogen-bond donors (Lipinski definition) is 2. The number of nitrogen functional groups attached to an aromatic ring is 1. The summed E-state index contributed by atoms with van der Waals surface area (Å²) in [6, 6.07) is 1.58. The van der Waals surface area contributed by atoms with Crippen molar-refractivity contribution in [2.24, 2.45) is 0 Å². The van der Waals surface area contributed by atoms with Crippen LogP contribution < -0.4 is 11.1 Å². The second-order valence-electron chi connectivity index (χ2n) is 4.32. The van der Waals surface area contributed by atoms with E-state index in [4.69, 9.17) is 5.73 Å². The van der Waals surface area contributed by atoms with Crippen molar-refractivity contribution in [1.29, 1.82) is 0 Å². The molecule has 0 atom stereocenters. The van der Waals surface area contributed by atoms with Gasteiger partial charge >= 0.3 is 0 Å². The molecule has 0 unspecified atom stereocenters. The maximum absolute atomic E-state index is 13.7. The summed E-state index contributed by atoms with van der Waals surface area (Å²) < 4.78 is 52.5. The summed E-state index contributed by atoms with van der Waals surface area (Å²) in [5.74, 6) is -3.09. The Morgan fingerprint density at radius 1 is 1.25 bits per heavy atom. The van der Waals surface area contributed by atoms with E-state index in [1.807, 2.05) is 0 Å². The monoisotopic (exact) mass is 305 g/mol. The summed E-state index contributed by atoms with van der Waals surface area (Å²) in [5.41, 5.74) is 5.16. The Balaban J connectivity index is 2.42. The van der Waals surface area contributed by atoms with Crippen molar-refractivity contribution in [3.63, 3.8) is 0 Å². The SMILES string of the molecule is Nc1cc(F)c(F)c(S(=O)(=O)N2CCNC(=O)CC2)c1. The van der Waals surface area contributed by atoms with Gasteiger partial charge in [-0.05, 0) is 12.1 Å². The normalized spacial score (nSPS) is 17.6. The summed E-state index contributed by atoms with van der Waals surface area (Å²) in [6.45, 7) is 0.0123. The number of nitrogens with one attached hydrogen (secondary N) is 1. The van der Waals surface area contributed by atoms with E-state index in [-0.39, 0.29) is 37.6 Å². The van der Waals surface area contributed by atoms with Crippen molar-refractivity contribution >= 4 is 21.6 Å². The van der Waals surface area contributed by atoms with E-state index in [1.54, 1.807) is 0 Å². The van der Waals surface area contributed by atoms with Crippen LogP contribution in [0.5, 0.6) is 0 Å². The number of anilines is 1. The third-order valence-corrected chi connectivity index (χ3v) is 4.80. The lowest BCUT2D eigenvalue weighted by Gasteiger charge is -2.19. The number of benzene rings is 1. The number of hydrogen-bond acceptors (Lipinski definition) is 4. The van der Waals surface area contributed by atoms with E-state index in [0.717, 1.165) is 10.4 Å². The first-order valence-corrected chi connectivity index (χ1v) is 7.28. The van der Waals surface area contributed by atoms with Crippen LogP contribution in [0.3, 0.4) is 0 Å². The van der Waals surface area contributed by atoms with Crippen LogP contribution in [-0.2, 0) is 14.8 Å². The van der Waals surface area contributed by atoms with Crippen molar-refractivity contribution in [2.75, 3.05) is 25.4 Å². The molecule has 1 aliphatic rings. The molecule has 0 radical (unpaired) electrons. The third kappa shape index (κ3) is 2.73. The lowest BCUT2D eigenvalue weighted by Crippen LogP contribution is -2.35. The van der Waals surface area contributed by atoms with E-state index >= 15 is 0 Å². The summed E-state index contributed by atoms with van der Waals surface area (Å²) in [6.07, 6.45) is -0.0361. The number of carbonyl (C=O) groups is 1. The highest BCUT2D eigenvalue weighted by molar-refractivity contribution is 7.89. The molecule has 1 aliphatic heterocycles. The molecule has 0 aliphatic carbocycles. The Morgan fingerprint density at radius 3 is 2.65 bits per heavy atom. The minimum absolute atomic E-state index is 0.00999. The standard InChI is InChI=1S/C11H13F2N3O3S/c12-8-5-7(14)6-9(11(8)13)20(18,19)16-3-1-10(17)15-2-4-16/h5-6H,1-4,14H2,(H,15,17). The van der Waals surface area contributed by atoms with Crippen LogP contribution in [0.4, 0.5) is 14.5 Å². The van der Waals surface area contributed by atoms with Crippen molar-refractivity contribution in [2.45, 2.75) is 11.3 Å². The number of halogens is 2. The predicted molar refractivity (Wildman–Crippen MR) is 67.2 cm³/mol. The first kappa shape index (κ1) is 14.7. The van der Waals surface area contributed by atoms with Crippen LogP contribution in [-0.4, -0.2) is 38.3 Å². The van der Waals surface area contributed by atoms with Crippen LogP contribution in [0.1, 0.15) is 6.42 Å². The molecule has 6 nitrogen and oxygen atoms in total. The lowest BCUT2D eigenvalue weighted by atomic mass is 10.3. The molecule has 1 heterocycles. The minimum Gasteiger partial charge on any atom is -0.399 e. The maximum atomic E-state index is 13.7. The van der Waals surface area contributed by atoms with Gasteiger partial charge < -0.3 is 11.1 Å². The lowest BCUT2D eigenvalue weighted by molar-refractivity contribution is -0.120. The fraction of sp³-hybridized carbons (Fsp3) is 0.364. The highest BCUT2D eigenvalue weighted by atomic mass is 32.2. The molecule has 9 heteroatoms. The van der Waals surface area contributed by atoms with E-state index in [9.17, 15) is 22.0 Å². The molecular weight excluding hydrogens is 292 g/mol. The molecular formula is C11H13F2N3O3S. The highest BCUT2D eigenvalue weighted by Crippen LogP contribution is 2.24. The zero-order valence-electron chi connectivity index (χ0n) is 10.4. The second-order valence-corrected chi connectivity index (χ2v) is 6.23. The maximum Gasteiger partial charge on any atom is 0.246 e. The Hall–Kier alpha value is -1.74. The average Bonchev–Trinajstić information content (AvgIpc) is 2.58. The number of rotatable bonds is 2. The van der Waals surface area contributed by atoms with Crippen LogP contribution in [0.25, 0.3) is 0 Å². The summed E-state index contributed by atoms with van der Waals surface area (Å²) in [7, 11) is -4.24. The van der Waals surface area contributed by atoms with Gasteiger partial charge in [-0.3, -0.25) is 4.79 Å². The topological polar surface area (TPSA) is 92.5 Å². The first-order valence-electron chi connectivity index (χ1n) is 5.84. The van der Waals surface area contributed by atoms with Crippen LogP contribution in [0.15, 0.2) is 17.0 Å². The van der Waals surface area contributed by atoms with E-state index in [1.165, 1.54) is 0 Å². The van der Waals surface area contributed by atoms with Gasteiger partial charge in [-0.25, -0.2) is 17.2 Å². The molecule has 20 heavy (non-hydrogen) atoms. The number of nitrogens with two attached hydrogens (primary N) is 1. The predicted octanol–water partition coefficient (Wildman–Crippen LogP) is 0.0576. The molecule has 1 amide bonds. The number of carbonyl (C=O) groups excluding carboxylic acids is 1. The van der Waals surface area contributed by atoms with Crippen LogP contribution in [0.2, 0.25) is 0 Å².